The third-order valence-electron chi connectivity index (χ3n) is 2.57. The Hall–Kier alpha value is -1.95. The maximum absolute atomic E-state index is 13.0. The van der Waals surface area contributed by atoms with Gasteiger partial charge in [-0.25, -0.2) is 13.2 Å². The fourth-order valence-corrected chi connectivity index (χ4v) is 2.05. The van der Waals surface area contributed by atoms with Crippen molar-refractivity contribution in [3.63, 3.8) is 0 Å². The second kappa shape index (κ2) is 6.00. The topological polar surface area (TPSA) is 29.1 Å². The number of benzene rings is 2. The number of nitrogens with one attached hydrogen (secondary N) is 1. The van der Waals surface area contributed by atoms with Gasteiger partial charge in [-0.2, -0.15) is 0 Å². The van der Waals surface area contributed by atoms with E-state index < -0.39 is 23.4 Å². The fourth-order valence-electron chi connectivity index (χ4n) is 1.60. The van der Waals surface area contributed by atoms with Gasteiger partial charge in [-0.3, -0.25) is 4.79 Å². The zero-order chi connectivity index (χ0) is 14.7. The van der Waals surface area contributed by atoms with Crippen LogP contribution in [0.1, 0.15) is 10.4 Å². The normalized spacial score (nSPS) is 10.4. The molecule has 0 aliphatic rings. The van der Waals surface area contributed by atoms with Crippen LogP contribution in [-0.4, -0.2) is 12.2 Å². The van der Waals surface area contributed by atoms with Gasteiger partial charge in [0.1, 0.15) is 0 Å². The Morgan fingerprint density at radius 1 is 1.10 bits per heavy atom. The molecule has 0 atom stereocenters. The van der Waals surface area contributed by atoms with E-state index in [1.807, 2.05) is 12.3 Å². The van der Waals surface area contributed by atoms with E-state index in [1.54, 1.807) is 18.2 Å². The summed E-state index contributed by atoms with van der Waals surface area (Å²) in [6.45, 7) is 0. The van der Waals surface area contributed by atoms with Gasteiger partial charge >= 0.3 is 0 Å². The number of hydrogen-bond acceptors (Lipinski definition) is 2. The van der Waals surface area contributed by atoms with Gasteiger partial charge in [0.2, 0.25) is 0 Å². The SMILES string of the molecule is CSc1cccc(C(=O)Nc2cc(F)c(F)c(F)c2)c1. The van der Waals surface area contributed by atoms with Gasteiger partial charge in [-0.05, 0) is 24.5 Å². The van der Waals surface area contributed by atoms with Crippen LogP contribution in [0, 0.1) is 17.5 Å². The number of thioether (sulfide) groups is 1. The Kier molecular flexibility index (Phi) is 4.34. The molecule has 0 fully saturated rings. The molecule has 2 rings (SSSR count). The predicted octanol–water partition coefficient (Wildman–Crippen LogP) is 4.08. The molecule has 20 heavy (non-hydrogen) atoms. The van der Waals surface area contributed by atoms with Crippen LogP contribution >= 0.6 is 11.8 Å². The maximum atomic E-state index is 13.0. The van der Waals surface area contributed by atoms with Crippen LogP contribution in [-0.2, 0) is 0 Å². The van der Waals surface area contributed by atoms with Gasteiger partial charge in [0.25, 0.3) is 5.91 Å². The van der Waals surface area contributed by atoms with Crippen molar-refractivity contribution in [1.82, 2.24) is 0 Å². The second-order valence-electron chi connectivity index (χ2n) is 3.94. The van der Waals surface area contributed by atoms with E-state index >= 15 is 0 Å². The lowest BCUT2D eigenvalue weighted by Crippen LogP contribution is -2.12. The molecule has 0 unspecified atom stereocenters. The second-order valence-corrected chi connectivity index (χ2v) is 4.82. The molecule has 0 saturated heterocycles. The minimum absolute atomic E-state index is 0.138. The summed E-state index contributed by atoms with van der Waals surface area (Å²) in [6, 6.07) is 8.22. The molecule has 0 aliphatic carbocycles. The maximum Gasteiger partial charge on any atom is 0.255 e. The van der Waals surface area contributed by atoms with Gasteiger partial charge in [0, 0.05) is 28.3 Å². The molecule has 0 heterocycles. The Bertz CT molecular complexity index is 638. The van der Waals surface area contributed by atoms with Crippen molar-refractivity contribution in [2.45, 2.75) is 4.90 Å². The number of halogens is 3. The van der Waals surface area contributed by atoms with Crippen molar-refractivity contribution in [3.8, 4) is 0 Å². The van der Waals surface area contributed by atoms with Gasteiger partial charge in [-0.15, -0.1) is 11.8 Å². The first-order valence-corrected chi connectivity index (χ1v) is 6.83. The number of hydrogen-bond donors (Lipinski definition) is 1. The third-order valence-corrected chi connectivity index (χ3v) is 3.30. The zero-order valence-electron chi connectivity index (χ0n) is 10.4. The van der Waals surface area contributed by atoms with E-state index in [-0.39, 0.29) is 5.69 Å². The van der Waals surface area contributed by atoms with Crippen LogP contribution in [0.2, 0.25) is 0 Å². The standard InChI is InChI=1S/C14H10F3NOS/c1-20-10-4-2-3-8(5-10)14(19)18-9-6-11(15)13(17)12(16)7-9/h2-7H,1H3,(H,18,19). The molecule has 2 aromatic carbocycles. The number of anilines is 1. The van der Waals surface area contributed by atoms with Gasteiger partial charge in [0.15, 0.2) is 17.5 Å². The van der Waals surface area contributed by atoms with Crippen molar-refractivity contribution in [2.24, 2.45) is 0 Å². The van der Waals surface area contributed by atoms with Crippen LogP contribution in [0.25, 0.3) is 0 Å². The quantitative estimate of drug-likeness (QED) is 0.683. The van der Waals surface area contributed by atoms with Crippen molar-refractivity contribution < 1.29 is 18.0 Å². The lowest BCUT2D eigenvalue weighted by Gasteiger charge is -2.07. The monoisotopic (exact) mass is 297 g/mol. The molecule has 1 amide bonds. The van der Waals surface area contributed by atoms with Gasteiger partial charge in [-0.1, -0.05) is 6.07 Å². The van der Waals surface area contributed by atoms with Crippen LogP contribution in [0.4, 0.5) is 18.9 Å². The van der Waals surface area contributed by atoms with E-state index in [0.29, 0.717) is 5.56 Å². The summed E-state index contributed by atoms with van der Waals surface area (Å²) >= 11 is 1.46. The predicted molar refractivity (Wildman–Crippen MR) is 72.5 cm³/mol. The highest BCUT2D eigenvalue weighted by Gasteiger charge is 2.13. The smallest absolute Gasteiger partial charge is 0.255 e. The molecular weight excluding hydrogens is 287 g/mol. The first-order chi connectivity index (χ1) is 9.51. The van der Waals surface area contributed by atoms with Gasteiger partial charge < -0.3 is 5.32 Å². The first-order valence-electron chi connectivity index (χ1n) is 5.61. The van der Waals surface area contributed by atoms with E-state index in [4.69, 9.17) is 0 Å². The molecule has 0 radical (unpaired) electrons. The lowest BCUT2D eigenvalue weighted by molar-refractivity contribution is 0.102. The molecule has 2 nitrogen and oxygen atoms in total. The number of rotatable bonds is 3. The van der Waals surface area contributed by atoms with Crippen molar-refractivity contribution >= 4 is 23.4 Å². The van der Waals surface area contributed by atoms with E-state index in [0.717, 1.165) is 17.0 Å². The fraction of sp³-hybridized carbons (Fsp3) is 0.0714. The zero-order valence-corrected chi connectivity index (χ0v) is 11.2. The Balaban J connectivity index is 2.23. The lowest BCUT2D eigenvalue weighted by atomic mass is 10.2. The Morgan fingerprint density at radius 2 is 1.75 bits per heavy atom. The number of carbonyl (C=O) groups excluding carboxylic acids is 1. The highest BCUT2D eigenvalue weighted by molar-refractivity contribution is 7.98. The minimum Gasteiger partial charge on any atom is -0.322 e. The average Bonchev–Trinajstić information content (AvgIpc) is 2.44. The van der Waals surface area contributed by atoms with Crippen molar-refractivity contribution in [1.29, 1.82) is 0 Å². The number of amides is 1. The van der Waals surface area contributed by atoms with E-state index in [9.17, 15) is 18.0 Å². The highest BCUT2D eigenvalue weighted by atomic mass is 32.2. The molecule has 0 bridgehead atoms. The van der Waals surface area contributed by atoms with E-state index in [2.05, 4.69) is 5.32 Å². The molecule has 0 aromatic heterocycles. The summed E-state index contributed by atoms with van der Waals surface area (Å²) in [5.41, 5.74) is 0.211. The summed E-state index contributed by atoms with van der Waals surface area (Å²) in [5.74, 6) is -4.78. The molecule has 0 spiro atoms. The summed E-state index contributed by atoms with van der Waals surface area (Å²) in [7, 11) is 0. The molecule has 6 heteroatoms. The van der Waals surface area contributed by atoms with Crippen LogP contribution in [0.3, 0.4) is 0 Å². The molecular formula is C14H10F3NOS. The van der Waals surface area contributed by atoms with Crippen LogP contribution in [0.15, 0.2) is 41.3 Å². The summed E-state index contributed by atoms with van der Waals surface area (Å²) < 4.78 is 38.9. The van der Waals surface area contributed by atoms with E-state index in [1.165, 1.54) is 11.8 Å². The summed E-state index contributed by atoms with van der Waals surface area (Å²) in [6.07, 6.45) is 1.86. The van der Waals surface area contributed by atoms with Crippen molar-refractivity contribution in [2.75, 3.05) is 11.6 Å². The Labute approximate surface area is 118 Å². The van der Waals surface area contributed by atoms with Crippen LogP contribution < -0.4 is 5.32 Å². The summed E-state index contributed by atoms with van der Waals surface area (Å²) in [5, 5.41) is 2.32. The highest BCUT2D eigenvalue weighted by Crippen LogP contribution is 2.20. The average molecular weight is 297 g/mol. The molecule has 2 aromatic rings. The molecule has 0 saturated carbocycles. The minimum atomic E-state index is -1.56. The largest absolute Gasteiger partial charge is 0.322 e. The molecule has 1 N–H and O–H groups in total. The van der Waals surface area contributed by atoms with Crippen molar-refractivity contribution in [3.05, 3.63) is 59.4 Å². The molecule has 0 aliphatic heterocycles. The molecule has 104 valence electrons. The van der Waals surface area contributed by atoms with Gasteiger partial charge in [0.05, 0.1) is 0 Å². The Morgan fingerprint density at radius 3 is 2.35 bits per heavy atom. The summed E-state index contributed by atoms with van der Waals surface area (Å²) in [4.78, 5) is 12.8. The first kappa shape index (κ1) is 14.5. The van der Waals surface area contributed by atoms with Crippen LogP contribution in [0.5, 0.6) is 0 Å². The third kappa shape index (κ3) is 3.14. The number of carbonyl (C=O) groups is 1.